The maximum atomic E-state index is 12.2. The number of phenols is 1. The molecular weight excluding hydrogens is 278 g/mol. The van der Waals surface area contributed by atoms with Gasteiger partial charge in [-0.3, -0.25) is 4.79 Å². The van der Waals surface area contributed by atoms with Crippen LogP contribution in [-0.4, -0.2) is 42.5 Å². The fraction of sp³-hybridized carbons (Fsp3) is 0.611. The topological polar surface area (TPSA) is 49.8 Å². The molecule has 4 heteroatoms. The number of aromatic hydroxyl groups is 1. The number of likely N-dealkylation sites (N-methyl/N-ethyl adjacent to an activating group) is 1. The van der Waals surface area contributed by atoms with Crippen LogP contribution in [0.15, 0.2) is 12.1 Å². The van der Waals surface area contributed by atoms with E-state index in [-0.39, 0.29) is 11.2 Å². The van der Waals surface area contributed by atoms with Gasteiger partial charge in [0.2, 0.25) is 0 Å². The van der Waals surface area contributed by atoms with Gasteiger partial charge in [0.25, 0.3) is 0 Å². The number of Topliss-reactive ketones (excluding diaryl/α,β-unsaturated/α-hetero) is 1. The highest BCUT2D eigenvalue weighted by Crippen LogP contribution is 2.58. The fourth-order valence-electron chi connectivity index (χ4n) is 5.27. The van der Waals surface area contributed by atoms with E-state index in [9.17, 15) is 9.90 Å². The zero-order valence-electron chi connectivity index (χ0n) is 13.3. The van der Waals surface area contributed by atoms with Gasteiger partial charge < -0.3 is 14.7 Å². The molecule has 4 rings (SSSR count). The molecule has 2 bridgehead atoms. The van der Waals surface area contributed by atoms with Crippen LogP contribution in [0.3, 0.4) is 0 Å². The van der Waals surface area contributed by atoms with Crippen molar-refractivity contribution < 1.29 is 14.6 Å². The second kappa shape index (κ2) is 4.72. The SMILES string of the molecule is COc1ccc2c(c1O)[C@]13CCN(C)[C@H](C2)C1CCC(=O)C3. The Balaban J connectivity index is 1.95. The third-order valence-electron chi connectivity index (χ3n) is 6.27. The van der Waals surface area contributed by atoms with Gasteiger partial charge in [0.15, 0.2) is 11.5 Å². The Labute approximate surface area is 131 Å². The number of benzene rings is 1. The quantitative estimate of drug-likeness (QED) is 0.864. The Kier molecular flexibility index (Phi) is 3.02. The van der Waals surface area contributed by atoms with Crippen molar-refractivity contribution in [1.29, 1.82) is 0 Å². The Bertz CT molecular complexity index is 641. The first kappa shape index (κ1) is 14.1. The van der Waals surface area contributed by atoms with Crippen LogP contribution < -0.4 is 4.74 Å². The minimum absolute atomic E-state index is 0.182. The van der Waals surface area contributed by atoms with Gasteiger partial charge in [-0.2, -0.15) is 0 Å². The molecule has 4 nitrogen and oxygen atoms in total. The number of nitrogens with zero attached hydrogens (tertiary/aromatic N) is 1. The first-order chi connectivity index (χ1) is 10.6. The number of hydrogen-bond acceptors (Lipinski definition) is 4. The first-order valence-electron chi connectivity index (χ1n) is 8.18. The van der Waals surface area contributed by atoms with Crippen molar-refractivity contribution in [3.63, 3.8) is 0 Å². The van der Waals surface area contributed by atoms with E-state index < -0.39 is 0 Å². The minimum atomic E-state index is -0.182. The molecule has 0 aromatic heterocycles. The summed E-state index contributed by atoms with van der Waals surface area (Å²) in [6, 6.07) is 4.42. The lowest BCUT2D eigenvalue weighted by atomic mass is 9.52. The lowest BCUT2D eigenvalue weighted by Gasteiger charge is -2.58. The van der Waals surface area contributed by atoms with Crippen molar-refractivity contribution in [2.24, 2.45) is 5.92 Å². The number of ketones is 1. The number of likely N-dealkylation sites (tertiary alicyclic amines) is 1. The van der Waals surface area contributed by atoms with Crippen LogP contribution in [0.5, 0.6) is 11.5 Å². The summed E-state index contributed by atoms with van der Waals surface area (Å²) in [4.78, 5) is 14.7. The van der Waals surface area contributed by atoms with Gasteiger partial charge in [0.05, 0.1) is 7.11 Å². The van der Waals surface area contributed by atoms with Crippen LogP contribution in [0, 0.1) is 5.92 Å². The summed E-state index contributed by atoms with van der Waals surface area (Å²) in [5.41, 5.74) is 2.02. The van der Waals surface area contributed by atoms with E-state index >= 15 is 0 Å². The largest absolute Gasteiger partial charge is 0.504 e. The average molecular weight is 301 g/mol. The Morgan fingerprint density at radius 1 is 1.41 bits per heavy atom. The smallest absolute Gasteiger partial charge is 0.161 e. The predicted octanol–water partition coefficient (Wildman–Crippen LogP) is 2.27. The standard InChI is InChI=1S/C18H23NO3/c1-19-8-7-18-10-12(20)4-5-13(18)14(19)9-11-3-6-15(22-2)17(21)16(11)18/h3,6,13-14,21H,4-5,7-10H2,1-2H3/t13?,14-,18+/m1/s1. The normalized spacial score (nSPS) is 34.0. The molecule has 0 amide bonds. The number of carbonyl (C=O) groups is 1. The summed E-state index contributed by atoms with van der Waals surface area (Å²) in [6.07, 6.45) is 4.13. The number of ether oxygens (including phenoxy) is 1. The fourth-order valence-corrected chi connectivity index (χ4v) is 5.27. The zero-order valence-corrected chi connectivity index (χ0v) is 13.3. The van der Waals surface area contributed by atoms with Crippen molar-refractivity contribution >= 4 is 5.78 Å². The number of methoxy groups -OCH3 is 1. The van der Waals surface area contributed by atoms with Crippen LogP contribution in [0.25, 0.3) is 0 Å². The van der Waals surface area contributed by atoms with E-state index in [1.165, 1.54) is 5.56 Å². The molecular formula is C18H23NO3. The second-order valence-electron chi connectivity index (χ2n) is 7.17. The van der Waals surface area contributed by atoms with Gasteiger partial charge >= 0.3 is 0 Å². The van der Waals surface area contributed by atoms with Gasteiger partial charge in [-0.15, -0.1) is 0 Å². The van der Waals surface area contributed by atoms with Crippen LogP contribution >= 0.6 is 0 Å². The van der Waals surface area contributed by atoms with E-state index in [1.807, 2.05) is 6.07 Å². The molecule has 1 unspecified atom stereocenters. The number of carbonyl (C=O) groups excluding carboxylic acids is 1. The maximum Gasteiger partial charge on any atom is 0.161 e. The summed E-state index contributed by atoms with van der Waals surface area (Å²) in [5, 5.41) is 10.8. The zero-order chi connectivity index (χ0) is 15.5. The van der Waals surface area contributed by atoms with Gasteiger partial charge in [-0.25, -0.2) is 0 Å². The molecule has 118 valence electrons. The van der Waals surface area contributed by atoms with Crippen LogP contribution in [0.1, 0.15) is 36.8 Å². The summed E-state index contributed by atoms with van der Waals surface area (Å²) in [6.45, 7) is 0.991. The molecule has 1 saturated carbocycles. The molecule has 1 saturated heterocycles. The summed E-state index contributed by atoms with van der Waals surface area (Å²) in [7, 11) is 3.78. The molecule has 3 aliphatic rings. The number of hydrogen-bond donors (Lipinski definition) is 1. The third kappa shape index (κ3) is 1.70. The number of rotatable bonds is 1. The van der Waals surface area contributed by atoms with Crippen LogP contribution in [-0.2, 0) is 16.6 Å². The second-order valence-corrected chi connectivity index (χ2v) is 7.17. The van der Waals surface area contributed by atoms with Gasteiger partial charge in [0, 0.05) is 29.9 Å². The monoisotopic (exact) mass is 301 g/mol. The summed E-state index contributed by atoms with van der Waals surface area (Å²) in [5.74, 6) is 1.61. The number of piperidine rings is 1. The van der Waals surface area contributed by atoms with Gasteiger partial charge in [-0.05, 0) is 50.4 Å². The van der Waals surface area contributed by atoms with Crippen molar-refractivity contribution in [3.8, 4) is 11.5 Å². The first-order valence-corrected chi connectivity index (χ1v) is 8.18. The summed E-state index contributed by atoms with van der Waals surface area (Å²) < 4.78 is 5.33. The van der Waals surface area contributed by atoms with Crippen LogP contribution in [0.4, 0.5) is 0 Å². The minimum Gasteiger partial charge on any atom is -0.504 e. The molecule has 1 aromatic carbocycles. The molecule has 22 heavy (non-hydrogen) atoms. The van der Waals surface area contributed by atoms with E-state index in [4.69, 9.17) is 4.74 Å². The van der Waals surface area contributed by atoms with Crippen molar-refractivity contribution in [2.45, 2.75) is 43.6 Å². The lowest BCUT2D eigenvalue weighted by Crippen LogP contribution is -2.60. The van der Waals surface area contributed by atoms with E-state index in [0.717, 1.165) is 31.4 Å². The predicted molar refractivity (Wildman–Crippen MR) is 83.4 cm³/mol. The molecule has 1 aromatic rings. The van der Waals surface area contributed by atoms with Crippen LogP contribution in [0.2, 0.25) is 0 Å². The number of phenolic OH excluding ortho intramolecular Hbond substituents is 1. The maximum absolute atomic E-state index is 12.2. The van der Waals surface area contributed by atoms with E-state index in [2.05, 4.69) is 18.0 Å². The van der Waals surface area contributed by atoms with Gasteiger partial charge in [-0.1, -0.05) is 6.07 Å². The highest BCUT2D eigenvalue weighted by Gasteiger charge is 2.56. The lowest BCUT2D eigenvalue weighted by molar-refractivity contribution is -0.126. The average Bonchev–Trinajstić information content (AvgIpc) is 2.50. The molecule has 1 N–H and O–H groups in total. The van der Waals surface area contributed by atoms with Crippen molar-refractivity contribution in [2.75, 3.05) is 20.7 Å². The molecule has 2 fully saturated rings. The van der Waals surface area contributed by atoms with E-state index in [1.54, 1.807) is 7.11 Å². The Morgan fingerprint density at radius 3 is 3.00 bits per heavy atom. The Hall–Kier alpha value is -1.55. The van der Waals surface area contributed by atoms with E-state index in [0.29, 0.717) is 36.3 Å². The third-order valence-corrected chi connectivity index (χ3v) is 6.27. The van der Waals surface area contributed by atoms with Gasteiger partial charge in [0.1, 0.15) is 5.78 Å². The number of fused-ring (bicyclic) bond motifs is 1. The summed E-state index contributed by atoms with van der Waals surface area (Å²) >= 11 is 0. The highest BCUT2D eigenvalue weighted by atomic mass is 16.5. The molecule has 0 spiro atoms. The van der Waals surface area contributed by atoms with Crippen molar-refractivity contribution in [3.05, 3.63) is 23.3 Å². The molecule has 3 atom stereocenters. The Morgan fingerprint density at radius 2 is 2.23 bits per heavy atom. The molecule has 0 radical (unpaired) electrons. The molecule has 1 heterocycles. The molecule has 2 aliphatic carbocycles. The van der Waals surface area contributed by atoms with Crippen molar-refractivity contribution in [1.82, 2.24) is 4.90 Å². The highest BCUT2D eigenvalue weighted by molar-refractivity contribution is 5.82. The molecule has 1 aliphatic heterocycles.